The van der Waals surface area contributed by atoms with Crippen LogP contribution < -0.4 is 0 Å². The van der Waals surface area contributed by atoms with Gasteiger partial charge in [0.25, 0.3) is 5.91 Å². The number of nitrogens with zero attached hydrogens (tertiary/aromatic N) is 1. The summed E-state index contributed by atoms with van der Waals surface area (Å²) in [5.74, 6) is 1.19. The summed E-state index contributed by atoms with van der Waals surface area (Å²) >= 11 is 11.9. The van der Waals surface area contributed by atoms with E-state index in [4.69, 9.17) is 32.0 Å². The summed E-state index contributed by atoms with van der Waals surface area (Å²) < 4.78 is 10.7. The van der Waals surface area contributed by atoms with Crippen LogP contribution in [0.15, 0.2) is 63.8 Å². The van der Waals surface area contributed by atoms with E-state index >= 15 is 0 Å². The van der Waals surface area contributed by atoms with Gasteiger partial charge in [-0.25, -0.2) is 0 Å². The van der Waals surface area contributed by atoms with E-state index in [9.17, 15) is 4.79 Å². The minimum Gasteiger partial charge on any atom is -0.467 e. The highest BCUT2D eigenvalue weighted by atomic mass is 35.5. The second kappa shape index (κ2) is 6.94. The van der Waals surface area contributed by atoms with Gasteiger partial charge in [-0.15, -0.1) is 0 Å². The molecule has 0 N–H and O–H groups in total. The Hall–Kier alpha value is -2.17. The zero-order chi connectivity index (χ0) is 16.2. The Morgan fingerprint density at radius 2 is 1.52 bits per heavy atom. The van der Waals surface area contributed by atoms with E-state index in [1.165, 1.54) is 0 Å². The van der Waals surface area contributed by atoms with Gasteiger partial charge in [-0.2, -0.15) is 0 Å². The highest BCUT2D eigenvalue weighted by Crippen LogP contribution is 2.24. The number of hydrogen-bond acceptors (Lipinski definition) is 3. The predicted octanol–water partition coefficient (Wildman–Crippen LogP) is 5.02. The van der Waals surface area contributed by atoms with Crippen LogP contribution in [-0.2, 0) is 13.1 Å². The summed E-state index contributed by atoms with van der Waals surface area (Å²) in [6.07, 6.45) is 3.15. The van der Waals surface area contributed by atoms with Crippen LogP contribution in [0.5, 0.6) is 0 Å². The first kappa shape index (κ1) is 15.7. The largest absolute Gasteiger partial charge is 0.467 e. The molecule has 6 heteroatoms. The molecule has 0 radical (unpaired) electrons. The summed E-state index contributed by atoms with van der Waals surface area (Å²) in [5.41, 5.74) is 0.456. The molecule has 0 saturated heterocycles. The van der Waals surface area contributed by atoms with Gasteiger partial charge < -0.3 is 13.7 Å². The molecule has 0 spiro atoms. The van der Waals surface area contributed by atoms with Crippen molar-refractivity contribution in [2.45, 2.75) is 13.1 Å². The van der Waals surface area contributed by atoms with Gasteiger partial charge in [-0.1, -0.05) is 23.2 Å². The van der Waals surface area contributed by atoms with Gasteiger partial charge in [0.05, 0.1) is 35.7 Å². The number of amides is 1. The third-order valence-electron chi connectivity index (χ3n) is 3.31. The molecular formula is C17H13Cl2NO3. The van der Waals surface area contributed by atoms with Crippen molar-refractivity contribution < 1.29 is 13.6 Å². The molecule has 1 aromatic carbocycles. The van der Waals surface area contributed by atoms with E-state index in [1.54, 1.807) is 47.8 Å². The van der Waals surface area contributed by atoms with Crippen LogP contribution >= 0.6 is 23.2 Å². The molecule has 23 heavy (non-hydrogen) atoms. The number of rotatable bonds is 5. The first-order chi connectivity index (χ1) is 11.1. The van der Waals surface area contributed by atoms with E-state index in [0.717, 1.165) is 0 Å². The Morgan fingerprint density at radius 1 is 0.913 bits per heavy atom. The van der Waals surface area contributed by atoms with Crippen LogP contribution in [0.1, 0.15) is 21.9 Å². The molecule has 2 aromatic heterocycles. The fourth-order valence-electron chi connectivity index (χ4n) is 2.19. The number of carbonyl (C=O) groups excluding carboxylic acids is 1. The summed E-state index contributed by atoms with van der Waals surface area (Å²) in [5, 5.41) is 0.750. The first-order valence-corrected chi connectivity index (χ1v) is 7.68. The zero-order valence-electron chi connectivity index (χ0n) is 12.0. The van der Waals surface area contributed by atoms with Crippen molar-refractivity contribution in [3.8, 4) is 0 Å². The summed E-state index contributed by atoms with van der Waals surface area (Å²) in [4.78, 5) is 14.4. The van der Waals surface area contributed by atoms with Crippen molar-refractivity contribution >= 4 is 29.1 Å². The van der Waals surface area contributed by atoms with Gasteiger partial charge in [0.2, 0.25) is 0 Å². The highest BCUT2D eigenvalue weighted by molar-refractivity contribution is 6.42. The van der Waals surface area contributed by atoms with Crippen LogP contribution in [0.2, 0.25) is 10.0 Å². The van der Waals surface area contributed by atoms with Crippen LogP contribution in [0.4, 0.5) is 0 Å². The van der Waals surface area contributed by atoms with E-state index in [0.29, 0.717) is 40.2 Å². The molecule has 3 aromatic rings. The lowest BCUT2D eigenvalue weighted by Crippen LogP contribution is -2.29. The average Bonchev–Trinajstić information content (AvgIpc) is 3.22. The number of halogens is 2. The Kier molecular flexibility index (Phi) is 4.74. The van der Waals surface area contributed by atoms with Crippen LogP contribution in [0.25, 0.3) is 0 Å². The number of carbonyl (C=O) groups is 1. The maximum atomic E-state index is 12.8. The Morgan fingerprint density at radius 3 is 2.00 bits per heavy atom. The summed E-state index contributed by atoms with van der Waals surface area (Å²) in [7, 11) is 0. The minimum absolute atomic E-state index is 0.184. The predicted molar refractivity (Wildman–Crippen MR) is 87.5 cm³/mol. The van der Waals surface area contributed by atoms with E-state index < -0.39 is 0 Å². The zero-order valence-corrected chi connectivity index (χ0v) is 13.6. The molecular weight excluding hydrogens is 337 g/mol. The topological polar surface area (TPSA) is 46.6 Å². The third-order valence-corrected chi connectivity index (χ3v) is 4.05. The average molecular weight is 350 g/mol. The summed E-state index contributed by atoms with van der Waals surface area (Å²) in [6.45, 7) is 0.652. The molecule has 118 valence electrons. The Bertz CT molecular complexity index is 746. The van der Waals surface area contributed by atoms with E-state index in [-0.39, 0.29) is 5.91 Å². The van der Waals surface area contributed by atoms with Gasteiger partial charge >= 0.3 is 0 Å². The monoisotopic (exact) mass is 349 g/mol. The first-order valence-electron chi connectivity index (χ1n) is 6.92. The molecule has 0 fully saturated rings. The lowest BCUT2D eigenvalue weighted by molar-refractivity contribution is 0.0705. The Labute approximate surface area is 143 Å². The Balaban J connectivity index is 1.86. The summed E-state index contributed by atoms with van der Waals surface area (Å²) in [6, 6.07) is 12.0. The molecule has 0 aliphatic heterocycles. The highest BCUT2D eigenvalue weighted by Gasteiger charge is 2.19. The lowest BCUT2D eigenvalue weighted by Gasteiger charge is -2.21. The molecule has 0 unspecified atom stereocenters. The fraction of sp³-hybridized carbons (Fsp3) is 0.118. The molecule has 0 saturated carbocycles. The third kappa shape index (κ3) is 3.78. The molecule has 0 bridgehead atoms. The quantitative estimate of drug-likeness (QED) is 0.649. The smallest absolute Gasteiger partial charge is 0.254 e. The van der Waals surface area contributed by atoms with Crippen molar-refractivity contribution in [3.63, 3.8) is 0 Å². The maximum Gasteiger partial charge on any atom is 0.254 e. The maximum absolute atomic E-state index is 12.8. The number of furan rings is 2. The normalized spacial score (nSPS) is 10.7. The molecule has 0 aliphatic rings. The van der Waals surface area contributed by atoms with Gasteiger partial charge in [-0.3, -0.25) is 4.79 Å². The SMILES string of the molecule is O=C(c1ccc(Cl)c(Cl)c1)N(Cc1ccco1)Cc1ccco1. The van der Waals surface area contributed by atoms with Crippen LogP contribution in [-0.4, -0.2) is 10.8 Å². The second-order valence-corrected chi connectivity index (χ2v) is 5.76. The molecule has 0 atom stereocenters. The fourth-order valence-corrected chi connectivity index (χ4v) is 2.49. The second-order valence-electron chi connectivity index (χ2n) is 4.95. The standard InChI is InChI=1S/C17H13Cl2NO3/c18-15-6-5-12(9-16(15)19)17(21)20(10-13-3-1-7-22-13)11-14-4-2-8-23-14/h1-9H,10-11H2. The molecule has 3 rings (SSSR count). The van der Waals surface area contributed by atoms with Crippen molar-refractivity contribution in [1.29, 1.82) is 0 Å². The molecule has 1 amide bonds. The van der Waals surface area contributed by atoms with Crippen molar-refractivity contribution in [2.24, 2.45) is 0 Å². The molecule has 2 heterocycles. The van der Waals surface area contributed by atoms with Crippen molar-refractivity contribution in [2.75, 3.05) is 0 Å². The minimum atomic E-state index is -0.184. The molecule has 4 nitrogen and oxygen atoms in total. The van der Waals surface area contributed by atoms with Crippen LogP contribution in [0, 0.1) is 0 Å². The van der Waals surface area contributed by atoms with Gasteiger partial charge in [0.15, 0.2) is 0 Å². The number of benzene rings is 1. The van der Waals surface area contributed by atoms with Crippen LogP contribution in [0.3, 0.4) is 0 Å². The molecule has 0 aliphatic carbocycles. The lowest BCUT2D eigenvalue weighted by atomic mass is 10.2. The van der Waals surface area contributed by atoms with E-state index in [2.05, 4.69) is 0 Å². The van der Waals surface area contributed by atoms with Gasteiger partial charge in [0, 0.05) is 5.56 Å². The van der Waals surface area contributed by atoms with Gasteiger partial charge in [0.1, 0.15) is 11.5 Å². The van der Waals surface area contributed by atoms with Gasteiger partial charge in [-0.05, 0) is 42.5 Å². The van der Waals surface area contributed by atoms with Crippen molar-refractivity contribution in [1.82, 2.24) is 4.90 Å². The van der Waals surface area contributed by atoms with Crippen molar-refractivity contribution in [3.05, 3.63) is 82.1 Å². The van der Waals surface area contributed by atoms with E-state index in [1.807, 2.05) is 12.1 Å². The number of hydrogen-bond donors (Lipinski definition) is 0.